The van der Waals surface area contributed by atoms with Gasteiger partial charge in [0, 0.05) is 6.92 Å². The van der Waals surface area contributed by atoms with Gasteiger partial charge in [-0.15, -0.1) is 0 Å². The normalized spacial score (nSPS) is 11.9. The van der Waals surface area contributed by atoms with E-state index in [1.807, 2.05) is 38.1 Å². The van der Waals surface area contributed by atoms with E-state index in [9.17, 15) is 4.79 Å². The number of hydrogen-bond acceptors (Lipinski definition) is 2. The summed E-state index contributed by atoms with van der Waals surface area (Å²) in [7, 11) is 0. The molecule has 0 bridgehead atoms. The fourth-order valence-corrected chi connectivity index (χ4v) is 1.80. The molecule has 2 rings (SSSR count). The molecule has 18 heavy (non-hydrogen) atoms. The van der Waals surface area contributed by atoms with Gasteiger partial charge in [0.25, 0.3) is 0 Å². The van der Waals surface area contributed by atoms with Crippen LogP contribution in [0.3, 0.4) is 0 Å². The predicted octanol–water partition coefficient (Wildman–Crippen LogP) is 3.90. The molecule has 96 valence electrons. The Morgan fingerprint density at radius 1 is 1.28 bits per heavy atom. The predicted molar refractivity (Wildman–Crippen MR) is 75.1 cm³/mol. The molecule has 0 saturated heterocycles. The monoisotopic (exact) mass is 244 g/mol. The lowest BCUT2D eigenvalue weighted by Crippen LogP contribution is -2.02. The fourth-order valence-electron chi connectivity index (χ4n) is 1.80. The smallest absolute Gasteiger partial charge is 0.302 e. The number of ether oxygens (including phenoxy) is 1. The molecule has 0 N–H and O–H groups in total. The summed E-state index contributed by atoms with van der Waals surface area (Å²) >= 11 is 0. The highest BCUT2D eigenvalue weighted by Crippen LogP contribution is 2.20. The van der Waals surface area contributed by atoms with Gasteiger partial charge in [-0.05, 0) is 23.1 Å². The maximum absolute atomic E-state index is 10.8. The average Bonchev–Trinajstić information content (AvgIpc) is 2.64. The third kappa shape index (κ3) is 3.88. The van der Waals surface area contributed by atoms with Gasteiger partial charge in [-0.3, -0.25) is 4.79 Å². The molecule has 1 aromatic rings. The van der Waals surface area contributed by atoms with Crippen LogP contribution >= 0.6 is 0 Å². The first kappa shape index (κ1) is 14.2. The molecule has 1 aliphatic rings. The third-order valence-electron chi connectivity index (χ3n) is 2.59. The molecule has 0 radical (unpaired) electrons. The van der Waals surface area contributed by atoms with Crippen LogP contribution in [0.2, 0.25) is 0 Å². The summed E-state index contributed by atoms with van der Waals surface area (Å²) in [6, 6.07) is 6.08. The molecule has 0 amide bonds. The summed E-state index contributed by atoms with van der Waals surface area (Å²) in [5.74, 6) is -0.239. The first-order valence-corrected chi connectivity index (χ1v) is 6.34. The van der Waals surface area contributed by atoms with Crippen LogP contribution in [0.1, 0.15) is 37.5 Å². The van der Waals surface area contributed by atoms with Crippen LogP contribution in [0.25, 0.3) is 6.08 Å². The lowest BCUT2D eigenvalue weighted by molar-refractivity contribution is -0.142. The topological polar surface area (TPSA) is 26.3 Å². The van der Waals surface area contributed by atoms with Crippen molar-refractivity contribution in [1.29, 1.82) is 0 Å². The Labute approximate surface area is 109 Å². The highest BCUT2D eigenvalue weighted by molar-refractivity contribution is 5.66. The SMILES string of the molecule is CC.CC(=O)OCc1cccc2c1CC=CC=C2. The van der Waals surface area contributed by atoms with Gasteiger partial charge in [0.2, 0.25) is 0 Å². The van der Waals surface area contributed by atoms with Crippen LogP contribution in [0.5, 0.6) is 0 Å². The first-order chi connectivity index (χ1) is 8.77. The van der Waals surface area contributed by atoms with Gasteiger partial charge in [0.1, 0.15) is 6.61 Å². The van der Waals surface area contributed by atoms with E-state index < -0.39 is 0 Å². The minimum atomic E-state index is -0.239. The van der Waals surface area contributed by atoms with Crippen molar-refractivity contribution >= 4 is 12.0 Å². The maximum Gasteiger partial charge on any atom is 0.302 e. The molecule has 0 fully saturated rings. The van der Waals surface area contributed by atoms with Crippen molar-refractivity contribution < 1.29 is 9.53 Å². The van der Waals surface area contributed by atoms with E-state index in [4.69, 9.17) is 4.74 Å². The van der Waals surface area contributed by atoms with E-state index in [0.717, 1.165) is 12.0 Å². The van der Waals surface area contributed by atoms with E-state index in [1.54, 1.807) is 0 Å². The number of fused-ring (bicyclic) bond motifs is 1. The van der Waals surface area contributed by atoms with Crippen LogP contribution < -0.4 is 0 Å². The number of hydrogen-bond donors (Lipinski definition) is 0. The Morgan fingerprint density at radius 3 is 2.78 bits per heavy atom. The molecule has 0 atom stereocenters. The molecule has 1 aliphatic carbocycles. The molecule has 0 unspecified atom stereocenters. The lowest BCUT2D eigenvalue weighted by Gasteiger charge is -2.10. The quantitative estimate of drug-likeness (QED) is 0.737. The summed E-state index contributed by atoms with van der Waals surface area (Å²) in [6.45, 7) is 5.79. The number of esters is 1. The lowest BCUT2D eigenvalue weighted by atomic mass is 9.99. The largest absolute Gasteiger partial charge is 0.461 e. The van der Waals surface area contributed by atoms with E-state index in [1.165, 1.54) is 18.1 Å². The van der Waals surface area contributed by atoms with Gasteiger partial charge in [-0.2, -0.15) is 0 Å². The maximum atomic E-state index is 10.8. The molecular formula is C16H20O2. The van der Waals surface area contributed by atoms with Gasteiger partial charge in [0.15, 0.2) is 0 Å². The number of carbonyl (C=O) groups is 1. The van der Waals surface area contributed by atoms with Crippen LogP contribution in [0, 0.1) is 0 Å². The van der Waals surface area contributed by atoms with Crippen molar-refractivity contribution in [3.63, 3.8) is 0 Å². The number of benzene rings is 1. The zero-order chi connectivity index (χ0) is 13.4. The minimum absolute atomic E-state index is 0.239. The Balaban J connectivity index is 0.000000771. The average molecular weight is 244 g/mol. The van der Waals surface area contributed by atoms with Gasteiger partial charge in [0.05, 0.1) is 0 Å². The van der Waals surface area contributed by atoms with E-state index in [2.05, 4.69) is 18.2 Å². The van der Waals surface area contributed by atoms with Gasteiger partial charge < -0.3 is 4.74 Å². The van der Waals surface area contributed by atoms with Crippen molar-refractivity contribution in [2.75, 3.05) is 0 Å². The molecule has 0 aromatic heterocycles. The van der Waals surface area contributed by atoms with Crippen molar-refractivity contribution in [2.24, 2.45) is 0 Å². The van der Waals surface area contributed by atoms with Crippen LogP contribution in [-0.2, 0) is 22.6 Å². The fraction of sp³-hybridized carbons (Fsp3) is 0.312. The second-order valence-electron chi connectivity index (χ2n) is 3.76. The first-order valence-electron chi connectivity index (χ1n) is 6.34. The van der Waals surface area contributed by atoms with E-state index in [-0.39, 0.29) is 5.97 Å². The number of rotatable bonds is 2. The molecule has 0 heterocycles. The Kier molecular flexibility index (Phi) is 5.92. The zero-order valence-electron chi connectivity index (χ0n) is 11.3. The van der Waals surface area contributed by atoms with Gasteiger partial charge in [-0.1, -0.05) is 56.4 Å². The number of allylic oxidation sites excluding steroid dienone is 3. The van der Waals surface area contributed by atoms with Crippen LogP contribution in [0.4, 0.5) is 0 Å². The van der Waals surface area contributed by atoms with Crippen LogP contribution in [-0.4, -0.2) is 5.97 Å². The standard InChI is InChI=1S/C14H14O2.C2H6/c1-11(15)16-10-13-8-5-7-12-6-3-2-4-9-14(12)13;1-2/h2-8H,9-10H2,1H3;1-2H3. The molecule has 0 aliphatic heterocycles. The molecule has 1 aromatic carbocycles. The Bertz CT molecular complexity index is 456. The highest BCUT2D eigenvalue weighted by atomic mass is 16.5. The number of carbonyl (C=O) groups excluding carboxylic acids is 1. The second kappa shape index (κ2) is 7.49. The molecule has 0 spiro atoms. The summed E-state index contributed by atoms with van der Waals surface area (Å²) < 4.78 is 5.05. The summed E-state index contributed by atoms with van der Waals surface area (Å²) in [4.78, 5) is 10.8. The molecule has 0 saturated carbocycles. The van der Waals surface area contributed by atoms with E-state index >= 15 is 0 Å². The van der Waals surface area contributed by atoms with Crippen molar-refractivity contribution in [3.05, 3.63) is 53.1 Å². The minimum Gasteiger partial charge on any atom is -0.461 e. The van der Waals surface area contributed by atoms with Crippen molar-refractivity contribution in [1.82, 2.24) is 0 Å². The van der Waals surface area contributed by atoms with Crippen molar-refractivity contribution in [2.45, 2.75) is 33.8 Å². The third-order valence-corrected chi connectivity index (χ3v) is 2.59. The van der Waals surface area contributed by atoms with Gasteiger partial charge in [-0.25, -0.2) is 0 Å². The highest BCUT2D eigenvalue weighted by Gasteiger charge is 2.07. The summed E-state index contributed by atoms with van der Waals surface area (Å²) in [5.41, 5.74) is 3.53. The molecular weight excluding hydrogens is 224 g/mol. The summed E-state index contributed by atoms with van der Waals surface area (Å²) in [5, 5.41) is 0. The Hall–Kier alpha value is -1.83. The Morgan fingerprint density at radius 2 is 2.06 bits per heavy atom. The molecule has 2 heteroatoms. The van der Waals surface area contributed by atoms with Crippen molar-refractivity contribution in [3.8, 4) is 0 Å². The van der Waals surface area contributed by atoms with Gasteiger partial charge >= 0.3 is 5.97 Å². The van der Waals surface area contributed by atoms with E-state index in [0.29, 0.717) is 6.61 Å². The molecule has 2 nitrogen and oxygen atoms in total. The zero-order valence-corrected chi connectivity index (χ0v) is 11.3. The van der Waals surface area contributed by atoms with Crippen LogP contribution in [0.15, 0.2) is 36.4 Å². The summed E-state index contributed by atoms with van der Waals surface area (Å²) in [6.07, 6.45) is 9.15. The second-order valence-corrected chi connectivity index (χ2v) is 3.76.